The predicted octanol–water partition coefficient (Wildman–Crippen LogP) is 0.542. The van der Waals surface area contributed by atoms with Crippen LogP contribution >= 0.6 is 15.9 Å². The van der Waals surface area contributed by atoms with Gasteiger partial charge in [0.1, 0.15) is 13.2 Å². The number of carboxylic acid groups (broad SMARTS) is 1. The van der Waals surface area contributed by atoms with Gasteiger partial charge in [0.05, 0.1) is 0 Å². The van der Waals surface area contributed by atoms with Gasteiger partial charge in [0, 0.05) is 26.9 Å². The summed E-state index contributed by atoms with van der Waals surface area (Å²) in [6.07, 6.45) is 5.98. The van der Waals surface area contributed by atoms with Crippen LogP contribution in [0.5, 0.6) is 0 Å². The minimum atomic E-state index is -1.77. The molecule has 0 amide bonds. The minimum Gasteiger partial charge on any atom is -0.478 e. The number of carbonyl (C=O) groups is 1. The minimum absolute atomic E-state index is 0.726. The second-order valence-electron chi connectivity index (χ2n) is 2.71. The predicted molar refractivity (Wildman–Crippen MR) is 64.4 cm³/mol. The van der Waals surface area contributed by atoms with E-state index in [-0.39, 0.29) is 0 Å². The Kier molecular flexibility index (Phi) is 10.6. The fourth-order valence-corrected chi connectivity index (χ4v) is 0.414. The third kappa shape index (κ3) is 9.67. The lowest BCUT2D eigenvalue weighted by atomic mass is 10.4. The molecule has 0 rings (SSSR count). The average Bonchev–Trinajstić information content (AvgIpc) is 2.28. The Bertz CT molecular complexity index is 298. The first-order valence-corrected chi connectivity index (χ1v) is 5.20. The van der Waals surface area contributed by atoms with E-state index < -0.39 is 28.6 Å². The molecule has 0 aromatic carbocycles. The van der Waals surface area contributed by atoms with Crippen LogP contribution < -0.4 is 0 Å². The van der Waals surface area contributed by atoms with E-state index in [1.54, 1.807) is 12.2 Å². The van der Waals surface area contributed by atoms with Crippen molar-refractivity contribution < 1.29 is 25.0 Å². The Hall–Kier alpha value is -1.25. The number of aliphatic hydroxyl groups excluding tert-OH is 2. The summed E-state index contributed by atoms with van der Waals surface area (Å²) in [5.41, 5.74) is 0. The van der Waals surface area contributed by atoms with E-state index in [9.17, 15) is 14.9 Å². The highest BCUT2D eigenvalue weighted by Crippen LogP contribution is 2.15. The van der Waals surface area contributed by atoms with Gasteiger partial charge in [0.2, 0.25) is 0 Å². The molecule has 0 saturated heterocycles. The number of allylic oxidation sites excluding steroid dienone is 3. The highest BCUT2D eigenvalue weighted by atomic mass is 79.9. The first-order valence-electron chi connectivity index (χ1n) is 4.41. The summed E-state index contributed by atoms with van der Waals surface area (Å²) in [6.45, 7) is 0.374. The summed E-state index contributed by atoms with van der Waals surface area (Å²) < 4.78 is -1.77. The molecule has 0 aliphatic carbocycles. The standard InChI is InChI=1S/C6H8O2.C3H6BrNO4/c1-2-3-4-5-6(7)8;4-3(1-6,2-7)5(8)9/h2-5H,1H3,(H,7,8);6-7H,1-2H2. The number of hydrogen-bond acceptors (Lipinski definition) is 5. The number of aliphatic hydroxyl groups is 2. The van der Waals surface area contributed by atoms with E-state index in [1.165, 1.54) is 6.08 Å². The van der Waals surface area contributed by atoms with Crippen molar-refractivity contribution in [1.29, 1.82) is 0 Å². The Morgan fingerprint density at radius 2 is 1.88 bits per heavy atom. The second kappa shape index (κ2) is 9.94. The highest BCUT2D eigenvalue weighted by Gasteiger charge is 2.38. The van der Waals surface area contributed by atoms with Crippen LogP contribution in [0.25, 0.3) is 0 Å². The number of alkyl halides is 1. The van der Waals surface area contributed by atoms with Crippen LogP contribution in [0.3, 0.4) is 0 Å². The normalized spacial score (nSPS) is 11.3. The summed E-state index contributed by atoms with van der Waals surface area (Å²) in [7, 11) is 0. The molecule has 0 aliphatic heterocycles. The maximum absolute atomic E-state index is 9.92. The van der Waals surface area contributed by atoms with Crippen LogP contribution in [0, 0.1) is 10.1 Å². The maximum atomic E-state index is 9.92. The van der Waals surface area contributed by atoms with E-state index in [0.29, 0.717) is 0 Å². The molecule has 0 fully saturated rings. The molecule has 8 heteroatoms. The molecule has 0 heterocycles. The topological polar surface area (TPSA) is 121 Å². The quantitative estimate of drug-likeness (QED) is 0.170. The summed E-state index contributed by atoms with van der Waals surface area (Å²) >= 11 is 2.55. The summed E-state index contributed by atoms with van der Waals surface area (Å²) in [5, 5.41) is 34.6. The Balaban J connectivity index is 0. The Morgan fingerprint density at radius 1 is 1.41 bits per heavy atom. The molecular weight excluding hydrogens is 298 g/mol. The van der Waals surface area contributed by atoms with Crippen LogP contribution in [0.1, 0.15) is 6.92 Å². The average molecular weight is 312 g/mol. The van der Waals surface area contributed by atoms with Gasteiger partial charge in [-0.05, 0) is 6.92 Å². The number of nitro groups is 1. The molecule has 0 aliphatic rings. The fraction of sp³-hybridized carbons (Fsp3) is 0.444. The second-order valence-corrected chi connectivity index (χ2v) is 4.19. The first-order chi connectivity index (χ1) is 7.83. The van der Waals surface area contributed by atoms with Crippen LogP contribution in [0.2, 0.25) is 0 Å². The third-order valence-corrected chi connectivity index (χ3v) is 2.15. The number of halogens is 1. The van der Waals surface area contributed by atoms with Gasteiger partial charge in [-0.1, -0.05) is 18.2 Å². The van der Waals surface area contributed by atoms with E-state index in [4.69, 9.17) is 15.3 Å². The van der Waals surface area contributed by atoms with Crippen LogP contribution in [0.15, 0.2) is 24.3 Å². The lowest BCUT2D eigenvalue weighted by Crippen LogP contribution is -2.39. The van der Waals surface area contributed by atoms with E-state index in [2.05, 4.69) is 15.9 Å². The molecule has 0 atom stereocenters. The van der Waals surface area contributed by atoms with Crippen molar-refractivity contribution in [3.8, 4) is 0 Å². The van der Waals surface area contributed by atoms with Crippen molar-refractivity contribution in [3.63, 3.8) is 0 Å². The van der Waals surface area contributed by atoms with Crippen molar-refractivity contribution >= 4 is 21.9 Å². The SMILES string of the molecule is CC=CC=CC(=O)O.O=[N+]([O-])C(Br)(CO)CO. The molecule has 0 bridgehead atoms. The third-order valence-electron chi connectivity index (χ3n) is 1.35. The zero-order chi connectivity index (χ0) is 13.9. The molecule has 0 saturated carbocycles. The first kappa shape index (κ1) is 18.1. The van der Waals surface area contributed by atoms with E-state index >= 15 is 0 Å². The number of hydrogen-bond donors (Lipinski definition) is 3. The monoisotopic (exact) mass is 311 g/mol. The van der Waals surface area contributed by atoms with Gasteiger partial charge in [-0.2, -0.15) is 0 Å². The molecule has 3 N–H and O–H groups in total. The molecule has 0 aromatic heterocycles. The van der Waals surface area contributed by atoms with Crippen LogP contribution in [0.4, 0.5) is 0 Å². The van der Waals surface area contributed by atoms with Gasteiger partial charge in [-0.3, -0.25) is 10.1 Å². The summed E-state index contributed by atoms with van der Waals surface area (Å²) in [6, 6.07) is 0. The fourth-order valence-electron chi connectivity index (χ4n) is 0.414. The van der Waals surface area contributed by atoms with Crippen molar-refractivity contribution in [2.75, 3.05) is 13.2 Å². The van der Waals surface area contributed by atoms with Crippen LogP contribution in [-0.2, 0) is 4.79 Å². The van der Waals surface area contributed by atoms with Crippen molar-refractivity contribution in [2.24, 2.45) is 0 Å². The zero-order valence-corrected chi connectivity index (χ0v) is 10.7. The lowest BCUT2D eigenvalue weighted by Gasteiger charge is -2.11. The Labute approximate surface area is 106 Å². The van der Waals surface area contributed by atoms with Crippen molar-refractivity contribution in [3.05, 3.63) is 34.4 Å². The van der Waals surface area contributed by atoms with Gasteiger partial charge in [-0.25, -0.2) is 4.79 Å². The van der Waals surface area contributed by atoms with Gasteiger partial charge in [0.15, 0.2) is 0 Å². The molecule has 0 aromatic rings. The molecule has 7 nitrogen and oxygen atoms in total. The molecule has 0 unspecified atom stereocenters. The smallest absolute Gasteiger partial charge is 0.328 e. The zero-order valence-electron chi connectivity index (χ0n) is 9.12. The maximum Gasteiger partial charge on any atom is 0.328 e. The largest absolute Gasteiger partial charge is 0.478 e. The summed E-state index contributed by atoms with van der Waals surface area (Å²) in [4.78, 5) is 18.9. The van der Waals surface area contributed by atoms with Gasteiger partial charge in [0.25, 0.3) is 0 Å². The van der Waals surface area contributed by atoms with Crippen molar-refractivity contribution in [1.82, 2.24) is 0 Å². The number of carboxylic acids is 1. The molecule has 0 spiro atoms. The number of aliphatic carboxylic acids is 1. The molecule has 0 radical (unpaired) electrons. The molecular formula is C9H14BrNO6. The lowest BCUT2D eigenvalue weighted by molar-refractivity contribution is -0.542. The van der Waals surface area contributed by atoms with Crippen molar-refractivity contribution in [2.45, 2.75) is 11.4 Å². The van der Waals surface area contributed by atoms with Gasteiger partial charge >= 0.3 is 10.4 Å². The molecule has 98 valence electrons. The number of nitrogens with zero attached hydrogens (tertiary/aromatic N) is 1. The highest BCUT2D eigenvalue weighted by molar-refractivity contribution is 9.10. The molecule has 17 heavy (non-hydrogen) atoms. The van der Waals surface area contributed by atoms with E-state index in [1.807, 2.05) is 6.92 Å². The van der Waals surface area contributed by atoms with Gasteiger partial charge in [-0.15, -0.1) is 0 Å². The van der Waals surface area contributed by atoms with E-state index in [0.717, 1.165) is 6.08 Å². The number of rotatable bonds is 5. The van der Waals surface area contributed by atoms with Crippen LogP contribution in [-0.4, -0.2) is 43.9 Å². The van der Waals surface area contributed by atoms with Gasteiger partial charge < -0.3 is 15.3 Å². The Morgan fingerprint density at radius 3 is 2.06 bits per heavy atom. The summed E-state index contributed by atoms with van der Waals surface area (Å²) in [5.74, 6) is -0.914.